The lowest BCUT2D eigenvalue weighted by atomic mass is 10.5. The Morgan fingerprint density at radius 1 is 1.41 bits per heavy atom. The summed E-state index contributed by atoms with van der Waals surface area (Å²) < 4.78 is 6.26. The first kappa shape index (κ1) is 12.1. The summed E-state index contributed by atoms with van der Waals surface area (Å²) in [5, 5.41) is 5.75. The second-order valence-electron chi connectivity index (χ2n) is 3.17. The maximum absolute atomic E-state index is 5.31. The number of rotatable bonds is 4. The first-order valence-corrected chi connectivity index (χ1v) is 6.61. The maximum Gasteiger partial charge on any atom is 0.194 e. The normalized spacial score (nSPS) is 10.3. The van der Waals surface area contributed by atoms with Crippen LogP contribution in [0.3, 0.4) is 0 Å². The minimum absolute atomic E-state index is 0.646. The Hall–Kier alpha value is -1.34. The zero-order valence-electron chi connectivity index (χ0n) is 9.72. The van der Waals surface area contributed by atoms with E-state index in [1.807, 2.05) is 12.3 Å². The van der Waals surface area contributed by atoms with E-state index in [4.69, 9.17) is 4.74 Å². The number of anilines is 1. The van der Waals surface area contributed by atoms with E-state index in [-0.39, 0.29) is 0 Å². The zero-order chi connectivity index (χ0) is 12.3. The van der Waals surface area contributed by atoms with E-state index in [9.17, 15) is 0 Å². The van der Waals surface area contributed by atoms with Gasteiger partial charge in [-0.2, -0.15) is 0 Å². The highest BCUT2D eigenvalue weighted by atomic mass is 32.2. The molecule has 0 aliphatic carbocycles. The molecule has 17 heavy (non-hydrogen) atoms. The molecule has 0 unspecified atom stereocenters. The van der Waals surface area contributed by atoms with Crippen molar-refractivity contribution in [3.8, 4) is 5.75 Å². The van der Waals surface area contributed by atoms with Crippen LogP contribution in [-0.2, 0) is 0 Å². The summed E-state index contributed by atoms with van der Waals surface area (Å²) in [5.74, 6) is 1.33. The lowest BCUT2D eigenvalue weighted by molar-refractivity contribution is 0.400. The van der Waals surface area contributed by atoms with Gasteiger partial charge in [0.25, 0.3) is 0 Å². The van der Waals surface area contributed by atoms with Crippen LogP contribution >= 0.6 is 23.1 Å². The molecule has 7 heteroatoms. The van der Waals surface area contributed by atoms with Crippen LogP contribution in [0.25, 0.3) is 0 Å². The van der Waals surface area contributed by atoms with Gasteiger partial charge in [-0.15, -0.1) is 11.3 Å². The van der Waals surface area contributed by atoms with Crippen LogP contribution in [0.2, 0.25) is 0 Å². The number of nitrogens with one attached hydrogen (secondary N) is 1. The monoisotopic (exact) mass is 268 g/mol. The Balaban J connectivity index is 2.32. The Labute approximate surface area is 108 Å². The largest absolute Gasteiger partial charge is 0.490 e. The second-order valence-corrected chi connectivity index (χ2v) is 5.26. The van der Waals surface area contributed by atoms with Gasteiger partial charge < -0.3 is 10.1 Å². The molecule has 5 nitrogen and oxygen atoms in total. The van der Waals surface area contributed by atoms with E-state index in [0.717, 1.165) is 15.1 Å². The molecule has 0 saturated carbocycles. The van der Waals surface area contributed by atoms with Crippen molar-refractivity contribution in [3.05, 3.63) is 17.4 Å². The Morgan fingerprint density at radius 2 is 2.24 bits per heavy atom. The van der Waals surface area contributed by atoms with Gasteiger partial charge in [-0.1, -0.05) is 0 Å². The number of hydrogen-bond acceptors (Lipinski definition) is 7. The maximum atomic E-state index is 5.31. The van der Waals surface area contributed by atoms with Crippen LogP contribution in [0, 0.1) is 6.92 Å². The summed E-state index contributed by atoms with van der Waals surface area (Å²) in [7, 11) is 3.41. The molecule has 0 spiro atoms. The van der Waals surface area contributed by atoms with Crippen molar-refractivity contribution < 1.29 is 4.74 Å². The lowest BCUT2D eigenvalue weighted by Gasteiger charge is -2.09. The smallest absolute Gasteiger partial charge is 0.194 e. The van der Waals surface area contributed by atoms with Gasteiger partial charge in [-0.05, 0) is 18.7 Å². The minimum atomic E-state index is 0.646. The fourth-order valence-electron chi connectivity index (χ4n) is 1.25. The summed E-state index contributed by atoms with van der Waals surface area (Å²) in [6, 6.07) is 0. The molecule has 2 heterocycles. The van der Waals surface area contributed by atoms with Crippen LogP contribution in [-0.4, -0.2) is 29.1 Å². The number of aryl methyl sites for hydroxylation is 1. The van der Waals surface area contributed by atoms with Crippen molar-refractivity contribution in [1.29, 1.82) is 0 Å². The van der Waals surface area contributed by atoms with Crippen LogP contribution in [0.1, 0.15) is 5.69 Å². The van der Waals surface area contributed by atoms with Crippen LogP contribution < -0.4 is 10.1 Å². The van der Waals surface area contributed by atoms with E-state index >= 15 is 0 Å². The summed E-state index contributed by atoms with van der Waals surface area (Å²) in [5.41, 5.74) is 1.01. The fourth-order valence-corrected chi connectivity index (χ4v) is 3.08. The lowest BCUT2D eigenvalue weighted by Crippen LogP contribution is -1.99. The van der Waals surface area contributed by atoms with Crippen molar-refractivity contribution in [3.63, 3.8) is 0 Å². The van der Waals surface area contributed by atoms with Crippen molar-refractivity contribution >= 4 is 28.9 Å². The fraction of sp³-hybridized carbons (Fsp3) is 0.300. The number of nitrogens with zero attached hydrogens (tertiary/aromatic N) is 3. The van der Waals surface area contributed by atoms with Crippen molar-refractivity contribution in [1.82, 2.24) is 15.0 Å². The molecular formula is C10H12N4OS2. The average Bonchev–Trinajstić information content (AvgIpc) is 2.74. The predicted octanol–water partition coefficient (Wildman–Crippen LogP) is 2.44. The molecule has 0 aliphatic rings. The molecule has 1 N–H and O–H groups in total. The average molecular weight is 268 g/mol. The van der Waals surface area contributed by atoms with Gasteiger partial charge >= 0.3 is 0 Å². The highest BCUT2D eigenvalue weighted by molar-refractivity contribution is 8.01. The molecule has 0 radical (unpaired) electrons. The molecule has 2 aromatic heterocycles. The molecule has 0 saturated heterocycles. The second kappa shape index (κ2) is 5.33. The molecule has 0 aromatic carbocycles. The van der Waals surface area contributed by atoms with E-state index < -0.39 is 0 Å². The molecule has 0 amide bonds. The van der Waals surface area contributed by atoms with Crippen LogP contribution in [0.4, 0.5) is 5.82 Å². The third kappa shape index (κ3) is 2.67. The highest BCUT2D eigenvalue weighted by Crippen LogP contribution is 2.37. The topological polar surface area (TPSA) is 59.9 Å². The van der Waals surface area contributed by atoms with Gasteiger partial charge in [0.05, 0.1) is 7.11 Å². The molecule has 0 aliphatic heterocycles. The summed E-state index contributed by atoms with van der Waals surface area (Å²) in [6.07, 6.45) is 1.51. The van der Waals surface area contributed by atoms with Gasteiger partial charge in [-0.25, -0.2) is 15.0 Å². The number of hydrogen-bond donors (Lipinski definition) is 1. The number of thiazole rings is 1. The molecule has 2 aromatic rings. The number of methoxy groups -OCH3 is 1. The van der Waals surface area contributed by atoms with E-state index in [0.29, 0.717) is 11.6 Å². The summed E-state index contributed by atoms with van der Waals surface area (Å²) >= 11 is 3.07. The van der Waals surface area contributed by atoms with E-state index in [1.54, 1.807) is 25.5 Å². The van der Waals surface area contributed by atoms with Gasteiger partial charge in [0, 0.05) is 18.1 Å². The van der Waals surface area contributed by atoms with Crippen LogP contribution in [0.5, 0.6) is 5.75 Å². The Morgan fingerprint density at radius 3 is 2.82 bits per heavy atom. The first-order valence-electron chi connectivity index (χ1n) is 4.91. The Kier molecular flexibility index (Phi) is 3.80. The van der Waals surface area contributed by atoms with E-state index in [1.165, 1.54) is 18.1 Å². The predicted molar refractivity (Wildman–Crippen MR) is 69.1 cm³/mol. The highest BCUT2D eigenvalue weighted by Gasteiger charge is 2.13. The zero-order valence-corrected chi connectivity index (χ0v) is 11.4. The molecule has 90 valence electrons. The standard InChI is InChI=1S/C10H12N4OS2/c1-6-4-16-10(14-6)17-9-7(15-3)8(11-2)12-5-13-9/h4-5H,1-3H3,(H,11,12,13). The Bertz CT molecular complexity index is 515. The third-order valence-corrected chi connectivity index (χ3v) is 4.03. The molecule has 0 fully saturated rings. The first-order chi connectivity index (χ1) is 8.24. The SMILES string of the molecule is CNc1ncnc(Sc2nc(C)cs2)c1OC. The quantitative estimate of drug-likeness (QED) is 0.859. The molecule has 2 rings (SSSR count). The van der Waals surface area contributed by atoms with Gasteiger partial charge in [0.1, 0.15) is 6.33 Å². The van der Waals surface area contributed by atoms with E-state index in [2.05, 4.69) is 20.3 Å². The number of aromatic nitrogens is 3. The molecular weight excluding hydrogens is 256 g/mol. The van der Waals surface area contributed by atoms with Crippen molar-refractivity contribution in [2.45, 2.75) is 16.3 Å². The van der Waals surface area contributed by atoms with Crippen molar-refractivity contribution in [2.24, 2.45) is 0 Å². The third-order valence-electron chi connectivity index (χ3n) is 1.99. The van der Waals surface area contributed by atoms with Gasteiger partial charge in [0.2, 0.25) is 0 Å². The van der Waals surface area contributed by atoms with Crippen LogP contribution in [0.15, 0.2) is 21.1 Å². The molecule has 0 atom stereocenters. The van der Waals surface area contributed by atoms with Gasteiger partial charge in [-0.3, -0.25) is 0 Å². The van der Waals surface area contributed by atoms with Crippen molar-refractivity contribution in [2.75, 3.05) is 19.5 Å². The minimum Gasteiger partial charge on any atom is -0.490 e. The summed E-state index contributed by atoms with van der Waals surface area (Å²) in [4.78, 5) is 12.7. The summed E-state index contributed by atoms with van der Waals surface area (Å²) in [6.45, 7) is 1.97. The molecule has 0 bridgehead atoms. The van der Waals surface area contributed by atoms with Gasteiger partial charge in [0.15, 0.2) is 20.9 Å². The number of ether oxygens (including phenoxy) is 1.